The Morgan fingerprint density at radius 2 is 1.55 bits per heavy atom. The van der Waals surface area contributed by atoms with Gasteiger partial charge in [-0.3, -0.25) is 0 Å². The van der Waals surface area contributed by atoms with Crippen molar-refractivity contribution in [2.75, 3.05) is 6.61 Å². The fourth-order valence-corrected chi connectivity index (χ4v) is 6.76. The third-order valence-electron chi connectivity index (χ3n) is 9.72. The number of aliphatic carboxylic acids is 1. The molecule has 0 saturated carbocycles. The molecule has 40 heavy (non-hydrogen) atoms. The molecule has 1 aromatic carbocycles. The first-order chi connectivity index (χ1) is 18.9. The van der Waals surface area contributed by atoms with Crippen molar-refractivity contribution in [2.24, 2.45) is 17.8 Å². The highest BCUT2D eigenvalue weighted by Crippen LogP contribution is 2.43. The van der Waals surface area contributed by atoms with E-state index < -0.39 is 12.3 Å². The van der Waals surface area contributed by atoms with Crippen molar-refractivity contribution in [1.82, 2.24) is 0 Å². The molecule has 5 heteroatoms. The minimum atomic E-state index is -1.16. The van der Waals surface area contributed by atoms with E-state index in [0.717, 1.165) is 42.8 Å². The molecule has 228 valence electrons. The second kappa shape index (κ2) is 15.0. The van der Waals surface area contributed by atoms with E-state index in [-0.39, 0.29) is 11.7 Å². The van der Waals surface area contributed by atoms with Crippen molar-refractivity contribution in [3.05, 3.63) is 27.8 Å². The van der Waals surface area contributed by atoms with Crippen LogP contribution in [-0.4, -0.2) is 35.7 Å². The van der Waals surface area contributed by atoms with Gasteiger partial charge in [0.2, 0.25) is 0 Å². The second-order valence-electron chi connectivity index (χ2n) is 13.9. The molecule has 0 aromatic heterocycles. The van der Waals surface area contributed by atoms with Crippen LogP contribution < -0.4 is 4.74 Å². The van der Waals surface area contributed by atoms with E-state index in [1.165, 1.54) is 79.2 Å². The van der Waals surface area contributed by atoms with Crippen molar-refractivity contribution >= 4 is 5.97 Å². The van der Waals surface area contributed by atoms with E-state index in [1.54, 1.807) is 0 Å². The second-order valence-corrected chi connectivity index (χ2v) is 13.9. The van der Waals surface area contributed by atoms with Crippen LogP contribution in [0.1, 0.15) is 133 Å². The SMILES string of the molecule is Cc1c(C)c2c(c(C)c1C[C@@H]1CCOC(C(=O)O)O1)CC[C@@](C)(CCC[C@H](C)CCC[C@H](C)CCCC(C)C)O2. The van der Waals surface area contributed by atoms with Crippen LogP contribution in [0.3, 0.4) is 0 Å². The average molecular weight is 559 g/mol. The van der Waals surface area contributed by atoms with Crippen LogP contribution in [0.2, 0.25) is 0 Å². The molecular weight excluding hydrogens is 500 g/mol. The van der Waals surface area contributed by atoms with E-state index in [9.17, 15) is 9.90 Å². The summed E-state index contributed by atoms with van der Waals surface area (Å²) < 4.78 is 17.8. The number of hydrogen-bond acceptors (Lipinski definition) is 4. The van der Waals surface area contributed by atoms with Crippen molar-refractivity contribution in [2.45, 2.75) is 157 Å². The molecule has 1 aromatic rings. The maximum Gasteiger partial charge on any atom is 0.361 e. The maximum atomic E-state index is 11.4. The van der Waals surface area contributed by atoms with Gasteiger partial charge in [-0.15, -0.1) is 0 Å². The van der Waals surface area contributed by atoms with Crippen LogP contribution in [-0.2, 0) is 27.1 Å². The van der Waals surface area contributed by atoms with Crippen LogP contribution in [0.25, 0.3) is 0 Å². The number of benzene rings is 1. The maximum absolute atomic E-state index is 11.4. The van der Waals surface area contributed by atoms with Gasteiger partial charge in [-0.2, -0.15) is 0 Å². The van der Waals surface area contributed by atoms with Crippen LogP contribution in [0.5, 0.6) is 5.75 Å². The summed E-state index contributed by atoms with van der Waals surface area (Å²) in [5.41, 5.74) is 6.25. The van der Waals surface area contributed by atoms with Crippen LogP contribution in [0, 0.1) is 38.5 Å². The molecule has 5 nitrogen and oxygen atoms in total. The van der Waals surface area contributed by atoms with E-state index in [4.69, 9.17) is 14.2 Å². The van der Waals surface area contributed by atoms with E-state index >= 15 is 0 Å². The molecule has 0 aliphatic carbocycles. The molecule has 1 saturated heterocycles. The number of fused-ring (bicyclic) bond motifs is 1. The Hall–Kier alpha value is -1.59. The highest BCUT2D eigenvalue weighted by atomic mass is 16.7. The van der Waals surface area contributed by atoms with Gasteiger partial charge >= 0.3 is 5.97 Å². The van der Waals surface area contributed by atoms with Gasteiger partial charge in [0.1, 0.15) is 11.4 Å². The molecular formula is C35H58O5. The van der Waals surface area contributed by atoms with Gasteiger partial charge in [-0.1, -0.05) is 72.6 Å². The molecule has 0 amide bonds. The number of carbonyl (C=O) groups is 1. The molecule has 0 spiro atoms. The zero-order valence-electron chi connectivity index (χ0n) is 26.9. The molecule has 0 bridgehead atoms. The lowest BCUT2D eigenvalue weighted by Gasteiger charge is -2.39. The first-order valence-electron chi connectivity index (χ1n) is 16.2. The van der Waals surface area contributed by atoms with Crippen LogP contribution >= 0.6 is 0 Å². The van der Waals surface area contributed by atoms with Gasteiger partial charge in [0.25, 0.3) is 6.29 Å². The Labute approximate surface area is 244 Å². The summed E-state index contributed by atoms with van der Waals surface area (Å²) in [4.78, 5) is 11.4. The van der Waals surface area contributed by atoms with Crippen LogP contribution in [0.15, 0.2) is 0 Å². The third-order valence-corrected chi connectivity index (χ3v) is 9.72. The summed E-state index contributed by atoms with van der Waals surface area (Å²) in [6, 6.07) is 0. The van der Waals surface area contributed by atoms with Crippen molar-refractivity contribution in [1.29, 1.82) is 0 Å². The zero-order valence-corrected chi connectivity index (χ0v) is 26.9. The smallest absolute Gasteiger partial charge is 0.361 e. The van der Waals surface area contributed by atoms with Gasteiger partial charge in [0.15, 0.2) is 0 Å². The molecule has 5 atom stereocenters. The van der Waals surface area contributed by atoms with Gasteiger partial charge in [0, 0.05) is 0 Å². The molecule has 2 heterocycles. The normalized spacial score (nSPS) is 24.4. The fourth-order valence-electron chi connectivity index (χ4n) is 6.76. The highest BCUT2D eigenvalue weighted by molar-refractivity contribution is 5.70. The van der Waals surface area contributed by atoms with Gasteiger partial charge < -0.3 is 19.3 Å². The first kappa shape index (κ1) is 32.9. The summed E-state index contributed by atoms with van der Waals surface area (Å²) >= 11 is 0. The average Bonchev–Trinajstić information content (AvgIpc) is 2.89. The zero-order chi connectivity index (χ0) is 29.4. The number of rotatable bonds is 15. The Morgan fingerprint density at radius 3 is 2.17 bits per heavy atom. The molecule has 1 unspecified atom stereocenters. The monoisotopic (exact) mass is 558 g/mol. The topological polar surface area (TPSA) is 65.0 Å². The Kier molecular flexibility index (Phi) is 12.4. The quantitative estimate of drug-likeness (QED) is 0.233. The van der Waals surface area contributed by atoms with E-state index in [1.807, 2.05) is 0 Å². The van der Waals surface area contributed by atoms with Crippen molar-refractivity contribution < 1.29 is 24.1 Å². The first-order valence-corrected chi connectivity index (χ1v) is 16.2. The lowest BCUT2D eigenvalue weighted by atomic mass is 9.81. The summed E-state index contributed by atoms with van der Waals surface area (Å²) in [5, 5.41) is 9.31. The molecule has 0 radical (unpaired) electrons. The lowest BCUT2D eigenvalue weighted by molar-refractivity contribution is -0.224. The Morgan fingerprint density at radius 1 is 0.925 bits per heavy atom. The van der Waals surface area contributed by atoms with Crippen LogP contribution in [0.4, 0.5) is 0 Å². The standard InChI is InChI=1S/C35H58O5/c1-23(2)12-9-13-24(3)14-10-15-25(4)16-11-19-35(8)20-17-30-28(7)31(26(5)27(6)32(30)40-35)22-29-18-21-38-34(39-29)33(36)37/h23-25,29,34H,9-22H2,1-8H3,(H,36,37)/t24-,25-,29+,34?,35-/m1/s1. The molecule has 3 rings (SSSR count). The van der Waals surface area contributed by atoms with Crippen molar-refractivity contribution in [3.63, 3.8) is 0 Å². The minimum Gasteiger partial charge on any atom is -0.487 e. The Balaban J connectivity index is 1.50. The summed E-state index contributed by atoms with van der Waals surface area (Å²) in [7, 11) is 0. The molecule has 1 N–H and O–H groups in total. The van der Waals surface area contributed by atoms with E-state index in [0.29, 0.717) is 19.4 Å². The summed E-state index contributed by atoms with van der Waals surface area (Å²) in [6.07, 6.45) is 14.0. The van der Waals surface area contributed by atoms with Gasteiger partial charge in [-0.25, -0.2) is 4.79 Å². The molecule has 2 aliphatic heterocycles. The predicted octanol–water partition coefficient (Wildman–Crippen LogP) is 8.89. The van der Waals surface area contributed by atoms with Gasteiger partial charge in [-0.05, 0) is 112 Å². The summed E-state index contributed by atoms with van der Waals surface area (Å²) in [6.45, 7) is 18.8. The molecule has 2 aliphatic rings. The highest BCUT2D eigenvalue weighted by Gasteiger charge is 2.35. The lowest BCUT2D eigenvalue weighted by Crippen LogP contribution is -2.39. The predicted molar refractivity (Wildman–Crippen MR) is 163 cm³/mol. The fraction of sp³-hybridized carbons (Fsp3) is 0.800. The number of hydrogen-bond donors (Lipinski definition) is 1. The number of ether oxygens (including phenoxy) is 3. The van der Waals surface area contributed by atoms with E-state index in [2.05, 4.69) is 55.4 Å². The van der Waals surface area contributed by atoms with Crippen molar-refractivity contribution in [3.8, 4) is 5.75 Å². The number of carboxylic acid groups (broad SMARTS) is 1. The minimum absolute atomic E-state index is 0.110. The molecule has 1 fully saturated rings. The summed E-state index contributed by atoms with van der Waals surface area (Å²) in [5.74, 6) is 2.51. The Bertz CT molecular complexity index is 969. The van der Waals surface area contributed by atoms with Gasteiger partial charge in [0.05, 0.1) is 12.7 Å². The largest absolute Gasteiger partial charge is 0.487 e. The third kappa shape index (κ3) is 9.21. The number of carboxylic acids is 1.